The van der Waals surface area contributed by atoms with Gasteiger partial charge in [0.2, 0.25) is 15.9 Å². The number of rotatable bonds is 1. The number of anilines is 1. The Labute approximate surface area is 172 Å². The predicted molar refractivity (Wildman–Crippen MR) is 108 cm³/mol. The number of hydrazone groups is 1. The first-order valence-electron chi connectivity index (χ1n) is 9.17. The van der Waals surface area contributed by atoms with E-state index in [0.717, 1.165) is 15.1 Å². The van der Waals surface area contributed by atoms with Gasteiger partial charge in [-0.2, -0.15) is 4.79 Å². The molecule has 0 spiro atoms. The molecule has 3 aromatic rings. The third kappa shape index (κ3) is 2.50. The van der Waals surface area contributed by atoms with Crippen molar-refractivity contribution in [3.63, 3.8) is 0 Å². The van der Waals surface area contributed by atoms with Crippen LogP contribution in [-0.2, 0) is 9.84 Å². The minimum absolute atomic E-state index is 0.0722. The predicted octanol–water partition coefficient (Wildman–Crippen LogP) is 2.26. The van der Waals surface area contributed by atoms with Gasteiger partial charge in [-0.15, -0.1) is 4.90 Å². The maximum Gasteiger partial charge on any atom is 0.530 e. The summed E-state index contributed by atoms with van der Waals surface area (Å²) in [5.74, 6) is 0. The molecule has 0 atom stereocenters. The molecule has 2 amide bonds. The average molecular weight is 417 g/mol. The van der Waals surface area contributed by atoms with Gasteiger partial charge in [-0.05, 0) is 48.4 Å². The Balaban J connectivity index is 1.79. The van der Waals surface area contributed by atoms with Gasteiger partial charge in [0.1, 0.15) is 5.69 Å². The molecular weight excluding hydrogens is 402 g/mol. The normalized spacial score (nSPS) is 16.9. The van der Waals surface area contributed by atoms with Crippen molar-refractivity contribution in [3.05, 3.63) is 89.5 Å². The fourth-order valence-electron chi connectivity index (χ4n) is 3.69. The first-order valence-corrected chi connectivity index (χ1v) is 10.7. The van der Waals surface area contributed by atoms with Crippen LogP contribution in [0.25, 0.3) is 0 Å². The van der Waals surface area contributed by atoms with Gasteiger partial charge in [-0.3, -0.25) is 0 Å². The molecule has 2 heterocycles. The van der Waals surface area contributed by atoms with Gasteiger partial charge < -0.3 is 5.11 Å². The topological polar surface area (TPSA) is 92.9 Å². The Morgan fingerprint density at radius 2 is 1.40 bits per heavy atom. The Hall–Kier alpha value is -3.78. The van der Waals surface area contributed by atoms with Crippen LogP contribution in [0.4, 0.5) is 10.5 Å². The number of amidine groups is 1. The minimum atomic E-state index is -3.76. The number of carbonyl (C=O) groups excluding carboxylic acids is 1. The van der Waals surface area contributed by atoms with Crippen molar-refractivity contribution in [1.29, 1.82) is 0 Å². The molecule has 0 bridgehead atoms. The van der Waals surface area contributed by atoms with E-state index in [1.54, 1.807) is 60.7 Å². The van der Waals surface area contributed by atoms with Crippen molar-refractivity contribution in [2.75, 3.05) is 4.90 Å². The highest BCUT2D eigenvalue weighted by molar-refractivity contribution is 7.91. The number of urea groups is 1. The molecule has 0 fully saturated rings. The molecule has 0 aliphatic carbocycles. The molecule has 0 N–H and O–H groups in total. The molecular formula is C22H15N3O4S. The highest BCUT2D eigenvalue weighted by atomic mass is 32.2. The van der Waals surface area contributed by atoms with Crippen LogP contribution in [-0.4, -0.2) is 30.9 Å². The van der Waals surface area contributed by atoms with Crippen molar-refractivity contribution in [3.8, 4) is 0 Å². The van der Waals surface area contributed by atoms with Crippen LogP contribution < -0.4 is 10.0 Å². The second-order valence-corrected chi connectivity index (χ2v) is 8.88. The van der Waals surface area contributed by atoms with Crippen molar-refractivity contribution >= 4 is 33.3 Å². The van der Waals surface area contributed by atoms with E-state index in [1.807, 2.05) is 6.92 Å². The van der Waals surface area contributed by atoms with E-state index in [1.165, 1.54) is 12.1 Å². The largest absolute Gasteiger partial charge is 0.824 e. The van der Waals surface area contributed by atoms with E-state index >= 15 is 0 Å². The quantitative estimate of drug-likeness (QED) is 0.444. The fourth-order valence-corrected chi connectivity index (χ4v) is 5.36. The number of hydrogen-bond donors (Lipinski definition) is 0. The lowest BCUT2D eigenvalue weighted by Gasteiger charge is -2.20. The lowest BCUT2D eigenvalue weighted by atomic mass is 10.0. The summed E-state index contributed by atoms with van der Waals surface area (Å²) in [4.78, 5) is 14.4. The summed E-state index contributed by atoms with van der Waals surface area (Å²) in [5.41, 5.74) is 2.30. The molecule has 0 saturated carbocycles. The number of benzene rings is 3. The summed E-state index contributed by atoms with van der Waals surface area (Å²) in [6, 6.07) is 18.3. The van der Waals surface area contributed by atoms with Crippen LogP contribution >= 0.6 is 0 Å². The van der Waals surface area contributed by atoms with Gasteiger partial charge in [0.15, 0.2) is 5.71 Å². The third-order valence-electron chi connectivity index (χ3n) is 5.12. The van der Waals surface area contributed by atoms with Gasteiger partial charge >= 0.3 is 6.03 Å². The van der Waals surface area contributed by atoms with Crippen molar-refractivity contribution in [2.24, 2.45) is 5.10 Å². The maximum absolute atomic E-state index is 13.2. The smallest absolute Gasteiger partial charge is 0.530 e. The van der Waals surface area contributed by atoms with Crippen molar-refractivity contribution in [1.82, 2.24) is 0 Å². The molecule has 0 aromatic heterocycles. The number of amides is 2. The monoisotopic (exact) mass is 417 g/mol. The highest BCUT2D eigenvalue weighted by Gasteiger charge is 2.43. The summed E-state index contributed by atoms with van der Waals surface area (Å²) in [5, 5.41) is 16.6. The van der Waals surface area contributed by atoms with Crippen LogP contribution in [0.5, 0.6) is 0 Å². The molecule has 2 aliphatic heterocycles. The second-order valence-electron chi connectivity index (χ2n) is 6.99. The zero-order chi connectivity index (χ0) is 21.0. The molecule has 0 radical (unpaired) electrons. The van der Waals surface area contributed by atoms with E-state index in [-0.39, 0.29) is 15.5 Å². The Morgan fingerprint density at radius 1 is 0.867 bits per heavy atom. The number of nitrogens with zero attached hydrogens (tertiary/aromatic N) is 3. The molecule has 30 heavy (non-hydrogen) atoms. The van der Waals surface area contributed by atoms with Crippen molar-refractivity contribution < 1.29 is 23.0 Å². The van der Waals surface area contributed by atoms with Crippen LogP contribution in [0.15, 0.2) is 87.7 Å². The molecule has 148 valence electrons. The van der Waals surface area contributed by atoms with Gasteiger partial charge in [0.25, 0.3) is 0 Å². The van der Waals surface area contributed by atoms with Gasteiger partial charge in [-0.25, -0.2) is 8.42 Å². The van der Waals surface area contributed by atoms with Gasteiger partial charge in [0, 0.05) is 11.1 Å². The van der Waals surface area contributed by atoms with E-state index in [2.05, 4.69) is 5.10 Å². The molecule has 7 nitrogen and oxygen atoms in total. The van der Waals surface area contributed by atoms with E-state index in [4.69, 9.17) is 0 Å². The van der Waals surface area contributed by atoms with Gasteiger partial charge in [0.05, 0.1) is 9.79 Å². The van der Waals surface area contributed by atoms with Crippen LogP contribution in [0.1, 0.15) is 16.7 Å². The zero-order valence-electron chi connectivity index (χ0n) is 15.8. The standard InChI is InChI=1S/C22H15N3O4S/c1-14-10-12-15(13-11-14)24-21(26)23-25(22(24)27)20-16-6-2-4-8-18(16)30(28,29)19-9-5-3-7-17(19)20/h2-13H,1H3. The second kappa shape index (κ2) is 6.36. The lowest BCUT2D eigenvalue weighted by molar-refractivity contribution is -0.427. The number of hydrogen-bond acceptors (Lipinski definition) is 5. The fraction of sp³-hybridized carbons (Fsp3) is 0.0455. The Bertz CT molecular complexity index is 1330. The Kier molecular flexibility index (Phi) is 3.87. The van der Waals surface area contributed by atoms with Crippen LogP contribution in [0, 0.1) is 6.92 Å². The van der Waals surface area contributed by atoms with E-state index in [0.29, 0.717) is 16.8 Å². The number of aryl methyl sites for hydroxylation is 1. The maximum atomic E-state index is 13.2. The summed E-state index contributed by atoms with van der Waals surface area (Å²) in [6.07, 6.45) is 0. The number of carbonyl (C=O) groups is 1. The lowest BCUT2D eigenvalue weighted by Crippen LogP contribution is -2.41. The van der Waals surface area contributed by atoms with Crippen molar-refractivity contribution in [2.45, 2.75) is 16.7 Å². The number of sulfone groups is 1. The SMILES string of the molecule is Cc1ccc(N2C(=O)[N+](=C3c4ccccc4S(=O)(=O)c4ccccc43)N=C2[O-])cc1. The molecule has 2 aliphatic rings. The molecule has 3 aromatic carbocycles. The minimum Gasteiger partial charge on any atom is -0.824 e. The summed E-state index contributed by atoms with van der Waals surface area (Å²) < 4.78 is 27.2. The zero-order valence-corrected chi connectivity index (χ0v) is 16.6. The third-order valence-corrected chi connectivity index (χ3v) is 6.99. The summed E-state index contributed by atoms with van der Waals surface area (Å²) >= 11 is 0. The number of fused-ring (bicyclic) bond motifs is 2. The highest BCUT2D eigenvalue weighted by Crippen LogP contribution is 2.35. The van der Waals surface area contributed by atoms with E-state index in [9.17, 15) is 18.3 Å². The molecule has 0 unspecified atom stereocenters. The van der Waals surface area contributed by atoms with E-state index < -0.39 is 21.9 Å². The average Bonchev–Trinajstić information content (AvgIpc) is 3.03. The van der Waals surface area contributed by atoms with Gasteiger partial charge in [-0.1, -0.05) is 46.6 Å². The van der Waals surface area contributed by atoms with Crippen LogP contribution in [0.3, 0.4) is 0 Å². The summed E-state index contributed by atoms with van der Waals surface area (Å²) in [7, 11) is -3.76. The first kappa shape index (κ1) is 18.3. The molecule has 0 saturated heterocycles. The van der Waals surface area contributed by atoms with Crippen LogP contribution in [0.2, 0.25) is 0 Å². The first-order chi connectivity index (χ1) is 14.4. The Morgan fingerprint density at radius 3 is 1.97 bits per heavy atom. The summed E-state index contributed by atoms with van der Waals surface area (Å²) in [6.45, 7) is 1.90. The molecule has 8 heteroatoms. The molecule has 5 rings (SSSR count).